The minimum atomic E-state index is 0.140. The molecule has 1 unspecified atom stereocenters. The van der Waals surface area contributed by atoms with E-state index in [4.69, 9.17) is 4.52 Å². The van der Waals surface area contributed by atoms with Crippen molar-refractivity contribution in [3.05, 3.63) is 36.2 Å². The highest BCUT2D eigenvalue weighted by atomic mass is 16.5. The summed E-state index contributed by atoms with van der Waals surface area (Å²) >= 11 is 0. The molecule has 0 bridgehead atoms. The maximum absolute atomic E-state index is 12.4. The van der Waals surface area contributed by atoms with E-state index in [9.17, 15) is 4.79 Å². The van der Waals surface area contributed by atoms with Crippen LogP contribution in [0.15, 0.2) is 34.9 Å². The van der Waals surface area contributed by atoms with Gasteiger partial charge in [0.05, 0.1) is 6.04 Å². The van der Waals surface area contributed by atoms with E-state index in [0.29, 0.717) is 23.5 Å². The lowest BCUT2D eigenvalue weighted by molar-refractivity contribution is -0.150. The van der Waals surface area contributed by atoms with Crippen LogP contribution in [0.25, 0.3) is 11.4 Å². The van der Waals surface area contributed by atoms with E-state index in [-0.39, 0.29) is 11.5 Å². The van der Waals surface area contributed by atoms with E-state index < -0.39 is 0 Å². The molecule has 3 fully saturated rings. The van der Waals surface area contributed by atoms with Crippen molar-refractivity contribution in [1.29, 1.82) is 0 Å². The van der Waals surface area contributed by atoms with Crippen LogP contribution in [0.4, 0.5) is 0 Å². The van der Waals surface area contributed by atoms with Gasteiger partial charge in [0.25, 0.3) is 0 Å². The molecule has 2 saturated heterocycles. The third-order valence-corrected chi connectivity index (χ3v) is 6.32. The number of carbonyl (C=O) groups is 1. The SMILES string of the molecule is CN1CC2(CC1c1nc(-c3ccccc3)no1)CN(C(=O)C1CCC1)C2. The minimum Gasteiger partial charge on any atom is -0.341 e. The Morgan fingerprint density at radius 2 is 1.96 bits per heavy atom. The van der Waals surface area contributed by atoms with Gasteiger partial charge in [-0.1, -0.05) is 41.9 Å². The predicted octanol–water partition coefficient (Wildman–Crippen LogP) is 2.74. The number of amides is 1. The Bertz CT molecular complexity index is 808. The Kier molecular flexibility index (Phi) is 3.64. The van der Waals surface area contributed by atoms with Gasteiger partial charge in [-0.2, -0.15) is 4.98 Å². The van der Waals surface area contributed by atoms with E-state index in [2.05, 4.69) is 27.0 Å². The summed E-state index contributed by atoms with van der Waals surface area (Å²) in [6, 6.07) is 10.1. The fourth-order valence-electron chi connectivity index (χ4n) is 4.68. The highest BCUT2D eigenvalue weighted by Crippen LogP contribution is 2.48. The molecule has 2 aromatic rings. The quantitative estimate of drug-likeness (QED) is 0.850. The first-order chi connectivity index (χ1) is 12.6. The second kappa shape index (κ2) is 5.91. The molecule has 1 aromatic heterocycles. The molecule has 136 valence electrons. The van der Waals surface area contributed by atoms with Gasteiger partial charge in [-0.15, -0.1) is 0 Å². The summed E-state index contributed by atoms with van der Waals surface area (Å²) in [6.07, 6.45) is 4.35. The van der Waals surface area contributed by atoms with Gasteiger partial charge >= 0.3 is 0 Å². The zero-order chi connectivity index (χ0) is 17.7. The molecule has 1 saturated carbocycles. The number of hydrogen-bond acceptors (Lipinski definition) is 5. The first kappa shape index (κ1) is 16.0. The van der Waals surface area contributed by atoms with Crippen molar-refractivity contribution in [2.45, 2.75) is 31.7 Å². The molecule has 5 rings (SSSR count). The van der Waals surface area contributed by atoms with Crippen LogP contribution in [0.1, 0.15) is 37.6 Å². The van der Waals surface area contributed by atoms with Gasteiger partial charge in [0.2, 0.25) is 17.6 Å². The van der Waals surface area contributed by atoms with E-state index in [1.54, 1.807) is 0 Å². The molecule has 1 aromatic carbocycles. The molecular formula is C20H24N4O2. The smallest absolute Gasteiger partial charge is 0.244 e. The summed E-state index contributed by atoms with van der Waals surface area (Å²) in [5, 5.41) is 4.16. The lowest BCUT2D eigenvalue weighted by Gasteiger charge is -2.50. The van der Waals surface area contributed by atoms with Gasteiger partial charge < -0.3 is 9.42 Å². The number of carbonyl (C=O) groups excluding carboxylic acids is 1. The predicted molar refractivity (Wildman–Crippen MR) is 96.1 cm³/mol. The van der Waals surface area contributed by atoms with Gasteiger partial charge in [-0.25, -0.2) is 0 Å². The molecule has 1 atom stereocenters. The van der Waals surface area contributed by atoms with Crippen molar-refractivity contribution in [2.24, 2.45) is 11.3 Å². The second-order valence-electron chi connectivity index (χ2n) is 8.28. The van der Waals surface area contributed by atoms with Gasteiger partial charge in [-0.3, -0.25) is 9.69 Å². The molecule has 26 heavy (non-hydrogen) atoms. The second-order valence-corrected chi connectivity index (χ2v) is 8.28. The van der Waals surface area contributed by atoms with Gasteiger partial charge in [0, 0.05) is 36.5 Å². The number of aromatic nitrogens is 2. The molecule has 1 amide bonds. The van der Waals surface area contributed by atoms with Gasteiger partial charge in [0.1, 0.15) is 0 Å². The Hall–Kier alpha value is -2.21. The van der Waals surface area contributed by atoms with Crippen LogP contribution >= 0.6 is 0 Å². The number of hydrogen-bond donors (Lipinski definition) is 0. The zero-order valence-corrected chi connectivity index (χ0v) is 15.1. The summed E-state index contributed by atoms with van der Waals surface area (Å²) < 4.78 is 5.59. The Balaban J connectivity index is 1.27. The third kappa shape index (κ3) is 2.55. The molecular weight excluding hydrogens is 328 g/mol. The third-order valence-electron chi connectivity index (χ3n) is 6.32. The number of rotatable bonds is 3. The Morgan fingerprint density at radius 1 is 1.19 bits per heavy atom. The molecule has 6 heteroatoms. The number of nitrogens with zero attached hydrogens (tertiary/aromatic N) is 4. The maximum atomic E-state index is 12.4. The molecule has 3 heterocycles. The molecule has 1 aliphatic carbocycles. The van der Waals surface area contributed by atoms with Crippen molar-refractivity contribution in [2.75, 3.05) is 26.7 Å². The summed E-state index contributed by atoms with van der Waals surface area (Å²) in [5.41, 5.74) is 1.17. The van der Waals surface area contributed by atoms with Crippen LogP contribution in [-0.2, 0) is 4.79 Å². The first-order valence-corrected chi connectivity index (χ1v) is 9.52. The minimum absolute atomic E-state index is 0.140. The molecule has 0 N–H and O–H groups in total. The molecule has 0 radical (unpaired) electrons. The van der Waals surface area contributed by atoms with E-state index >= 15 is 0 Å². The highest BCUT2D eigenvalue weighted by molar-refractivity contribution is 5.80. The van der Waals surface area contributed by atoms with Crippen molar-refractivity contribution >= 4 is 5.91 Å². The number of likely N-dealkylation sites (tertiary alicyclic amines) is 2. The van der Waals surface area contributed by atoms with E-state index in [0.717, 1.165) is 44.5 Å². The van der Waals surface area contributed by atoms with Crippen LogP contribution < -0.4 is 0 Å². The monoisotopic (exact) mass is 352 g/mol. The Morgan fingerprint density at radius 3 is 2.65 bits per heavy atom. The average Bonchev–Trinajstić information content (AvgIpc) is 3.17. The normalized spacial score (nSPS) is 25.3. The van der Waals surface area contributed by atoms with Crippen molar-refractivity contribution < 1.29 is 9.32 Å². The summed E-state index contributed by atoms with van der Waals surface area (Å²) in [4.78, 5) is 21.4. The molecule has 2 aliphatic heterocycles. The summed E-state index contributed by atoms with van der Waals surface area (Å²) in [5.74, 6) is 2.00. The standard InChI is InChI=1S/C20H24N4O2/c1-23-11-20(12-24(13-20)19(25)15-8-5-9-15)10-16(23)18-21-17(22-26-18)14-6-3-2-4-7-14/h2-4,6-7,15-16H,5,8-13H2,1H3. The van der Waals surface area contributed by atoms with Crippen LogP contribution in [0.3, 0.4) is 0 Å². The fraction of sp³-hybridized carbons (Fsp3) is 0.550. The summed E-state index contributed by atoms with van der Waals surface area (Å²) in [6.45, 7) is 2.74. The summed E-state index contributed by atoms with van der Waals surface area (Å²) in [7, 11) is 2.11. The molecule has 1 spiro atoms. The molecule has 6 nitrogen and oxygen atoms in total. The van der Waals surface area contributed by atoms with E-state index in [1.807, 2.05) is 30.3 Å². The Labute approximate surface area is 153 Å². The van der Waals surface area contributed by atoms with Crippen molar-refractivity contribution in [1.82, 2.24) is 19.9 Å². The van der Waals surface area contributed by atoms with Gasteiger partial charge in [0.15, 0.2) is 0 Å². The van der Waals surface area contributed by atoms with E-state index in [1.165, 1.54) is 6.42 Å². The van der Waals surface area contributed by atoms with Crippen LogP contribution in [0.5, 0.6) is 0 Å². The topological polar surface area (TPSA) is 62.5 Å². The number of benzene rings is 1. The van der Waals surface area contributed by atoms with Crippen LogP contribution in [0, 0.1) is 11.3 Å². The first-order valence-electron chi connectivity index (χ1n) is 9.52. The van der Waals surface area contributed by atoms with Crippen molar-refractivity contribution in [3.63, 3.8) is 0 Å². The highest BCUT2D eigenvalue weighted by Gasteiger charge is 2.54. The maximum Gasteiger partial charge on any atom is 0.244 e. The molecule has 3 aliphatic rings. The largest absolute Gasteiger partial charge is 0.341 e. The van der Waals surface area contributed by atoms with Crippen LogP contribution in [-0.4, -0.2) is 52.5 Å². The fourth-order valence-corrected chi connectivity index (χ4v) is 4.68. The lowest BCUT2D eigenvalue weighted by atomic mass is 9.75. The van der Waals surface area contributed by atoms with Crippen molar-refractivity contribution in [3.8, 4) is 11.4 Å². The van der Waals surface area contributed by atoms with Crippen LogP contribution in [0.2, 0.25) is 0 Å². The zero-order valence-electron chi connectivity index (χ0n) is 15.1. The lowest BCUT2D eigenvalue weighted by Crippen LogP contribution is -2.61. The average molecular weight is 352 g/mol. The van der Waals surface area contributed by atoms with Gasteiger partial charge in [-0.05, 0) is 26.3 Å².